The number of furan rings is 1. The van der Waals surface area contributed by atoms with Crippen molar-refractivity contribution < 1.29 is 4.42 Å². The van der Waals surface area contributed by atoms with Crippen molar-refractivity contribution in [2.45, 2.75) is 0 Å². The fourth-order valence-corrected chi connectivity index (χ4v) is 3.42. The van der Waals surface area contributed by atoms with Crippen molar-refractivity contribution in [3.63, 3.8) is 0 Å². The van der Waals surface area contributed by atoms with Crippen LogP contribution in [0.4, 0.5) is 11.6 Å². The van der Waals surface area contributed by atoms with Gasteiger partial charge in [-0.05, 0) is 35.4 Å². The smallest absolute Gasteiger partial charge is 0.238 e. The molecule has 4 rings (SSSR count). The van der Waals surface area contributed by atoms with Gasteiger partial charge in [0.25, 0.3) is 0 Å². The van der Waals surface area contributed by atoms with Crippen molar-refractivity contribution in [1.29, 1.82) is 5.26 Å². The second-order valence-corrected chi connectivity index (χ2v) is 7.65. The lowest BCUT2D eigenvalue weighted by atomic mass is 9.98. The van der Waals surface area contributed by atoms with Crippen LogP contribution >= 0.6 is 11.6 Å². The molecule has 3 aromatic carbocycles. The molecule has 1 aromatic heterocycles. The van der Waals surface area contributed by atoms with Gasteiger partial charge < -0.3 is 9.32 Å². The minimum absolute atomic E-state index is 0.281. The molecule has 0 amide bonds. The minimum atomic E-state index is 0.281. The van der Waals surface area contributed by atoms with Gasteiger partial charge >= 0.3 is 0 Å². The Balaban J connectivity index is 1.81. The molecule has 4 nitrogen and oxygen atoms in total. The monoisotopic (exact) mass is 425 g/mol. The molecule has 0 radical (unpaired) electrons. The molecule has 0 aliphatic carbocycles. The number of hydrogen-bond donors (Lipinski definition) is 0. The number of benzene rings is 3. The van der Waals surface area contributed by atoms with Crippen molar-refractivity contribution in [3.05, 3.63) is 95.0 Å². The summed E-state index contributed by atoms with van der Waals surface area (Å²) in [6.07, 6.45) is 1.71. The summed E-state index contributed by atoms with van der Waals surface area (Å²) in [5.41, 5.74) is 4.84. The Morgan fingerprint density at radius 1 is 0.903 bits per heavy atom. The van der Waals surface area contributed by atoms with E-state index < -0.39 is 0 Å². The van der Waals surface area contributed by atoms with E-state index in [4.69, 9.17) is 16.0 Å². The van der Waals surface area contributed by atoms with Gasteiger partial charge in [-0.25, -0.2) is 4.99 Å². The summed E-state index contributed by atoms with van der Waals surface area (Å²) in [6, 6.07) is 27.4. The average Bonchev–Trinajstić information content (AvgIpc) is 3.17. The van der Waals surface area contributed by atoms with E-state index in [-0.39, 0.29) is 5.88 Å². The van der Waals surface area contributed by atoms with Crippen molar-refractivity contribution >= 4 is 29.4 Å². The fourth-order valence-electron chi connectivity index (χ4n) is 3.29. The minimum Gasteiger partial charge on any atom is -0.436 e. The van der Waals surface area contributed by atoms with Crippen LogP contribution < -0.4 is 4.90 Å². The molecule has 0 spiro atoms. The van der Waals surface area contributed by atoms with Crippen LogP contribution in [0, 0.1) is 11.3 Å². The second kappa shape index (κ2) is 8.91. The van der Waals surface area contributed by atoms with E-state index in [1.165, 1.54) is 0 Å². The molecular weight excluding hydrogens is 406 g/mol. The summed E-state index contributed by atoms with van der Waals surface area (Å²) in [5, 5.41) is 10.6. The van der Waals surface area contributed by atoms with Gasteiger partial charge in [-0.15, -0.1) is 0 Å². The zero-order valence-corrected chi connectivity index (χ0v) is 18.0. The third-order valence-corrected chi connectivity index (χ3v) is 5.16. The van der Waals surface area contributed by atoms with Crippen molar-refractivity contribution in [2.75, 3.05) is 19.0 Å². The average molecular weight is 426 g/mol. The third-order valence-electron chi connectivity index (χ3n) is 4.91. The van der Waals surface area contributed by atoms with Crippen LogP contribution in [0.25, 0.3) is 22.5 Å². The van der Waals surface area contributed by atoms with Crippen LogP contribution in [0.2, 0.25) is 5.02 Å². The summed E-state index contributed by atoms with van der Waals surface area (Å²) < 4.78 is 6.13. The Bertz CT molecular complexity index is 1250. The first-order chi connectivity index (χ1) is 15.1. The van der Waals surface area contributed by atoms with Crippen molar-refractivity contribution in [3.8, 4) is 28.5 Å². The Hall–Kier alpha value is -3.81. The zero-order chi connectivity index (χ0) is 21.8. The summed E-state index contributed by atoms with van der Waals surface area (Å²) in [6.45, 7) is 0. The van der Waals surface area contributed by atoms with Crippen molar-refractivity contribution in [2.24, 2.45) is 4.99 Å². The Morgan fingerprint density at radius 3 is 2.19 bits per heavy atom. The Labute approximate surface area is 186 Å². The Morgan fingerprint density at radius 2 is 1.58 bits per heavy atom. The van der Waals surface area contributed by atoms with E-state index in [0.717, 1.165) is 22.4 Å². The maximum atomic E-state index is 9.95. The molecule has 0 unspecified atom stereocenters. The van der Waals surface area contributed by atoms with Gasteiger partial charge in [-0.1, -0.05) is 66.2 Å². The van der Waals surface area contributed by atoms with Gasteiger partial charge in [-0.3, -0.25) is 0 Å². The normalized spacial score (nSPS) is 10.9. The zero-order valence-electron chi connectivity index (χ0n) is 17.2. The quantitative estimate of drug-likeness (QED) is 0.325. The molecule has 0 atom stereocenters. The highest BCUT2D eigenvalue weighted by Crippen LogP contribution is 2.42. The van der Waals surface area contributed by atoms with Crippen LogP contribution in [0.1, 0.15) is 11.1 Å². The van der Waals surface area contributed by atoms with E-state index in [9.17, 15) is 5.26 Å². The van der Waals surface area contributed by atoms with Crippen LogP contribution in [0.15, 0.2) is 88.3 Å². The number of rotatable bonds is 5. The summed E-state index contributed by atoms with van der Waals surface area (Å²) in [7, 11) is 3.99. The third kappa shape index (κ3) is 4.37. The number of anilines is 1. The molecule has 0 saturated carbocycles. The predicted molar refractivity (Wildman–Crippen MR) is 127 cm³/mol. The number of hydrogen-bond acceptors (Lipinski definition) is 4. The first-order valence-electron chi connectivity index (χ1n) is 9.76. The summed E-state index contributed by atoms with van der Waals surface area (Å²) in [4.78, 5) is 6.55. The van der Waals surface area contributed by atoms with E-state index in [1.807, 2.05) is 85.7 Å². The van der Waals surface area contributed by atoms with E-state index in [1.54, 1.807) is 18.3 Å². The lowest BCUT2D eigenvalue weighted by Gasteiger charge is -2.11. The number of aliphatic imine (C=N–C) groups is 1. The highest BCUT2D eigenvalue weighted by molar-refractivity contribution is 6.30. The van der Waals surface area contributed by atoms with E-state index in [0.29, 0.717) is 21.9 Å². The largest absolute Gasteiger partial charge is 0.436 e. The lowest BCUT2D eigenvalue weighted by Crippen LogP contribution is -2.08. The number of nitrogens with zero attached hydrogens (tertiary/aromatic N) is 3. The van der Waals surface area contributed by atoms with Crippen LogP contribution in [0.5, 0.6) is 0 Å². The van der Waals surface area contributed by atoms with E-state index in [2.05, 4.69) is 11.1 Å². The molecule has 31 heavy (non-hydrogen) atoms. The maximum absolute atomic E-state index is 9.95. The second-order valence-electron chi connectivity index (χ2n) is 7.22. The molecule has 0 N–H and O–H groups in total. The molecule has 5 heteroatoms. The molecule has 0 fully saturated rings. The molecular formula is C26H20ClN3O. The molecule has 0 bridgehead atoms. The fraction of sp³-hybridized carbons (Fsp3) is 0.0769. The molecule has 4 aromatic rings. The lowest BCUT2D eigenvalue weighted by molar-refractivity contribution is 0.593. The van der Waals surface area contributed by atoms with Crippen molar-refractivity contribution in [1.82, 2.24) is 0 Å². The molecule has 0 aliphatic heterocycles. The first kappa shape index (κ1) is 20.5. The number of halogens is 1. The van der Waals surface area contributed by atoms with Gasteiger partial charge in [0.1, 0.15) is 17.4 Å². The number of nitriles is 1. The van der Waals surface area contributed by atoms with Gasteiger partial charge in [0.05, 0.1) is 0 Å². The van der Waals surface area contributed by atoms with Crippen LogP contribution in [0.3, 0.4) is 0 Å². The predicted octanol–water partition coefficient (Wildman–Crippen LogP) is 6.96. The maximum Gasteiger partial charge on any atom is 0.238 e. The standard InChI is InChI=1S/C26H20ClN3O/c1-30(2)22-14-8-18(9-15-22)17-29-26-23(16-28)24(19-10-12-21(27)13-11-19)25(31-26)20-6-4-3-5-7-20/h3-15,17H,1-2H3. The van der Waals surface area contributed by atoms with E-state index >= 15 is 0 Å². The molecule has 1 heterocycles. The molecule has 0 aliphatic rings. The summed E-state index contributed by atoms with van der Waals surface area (Å²) >= 11 is 6.07. The highest BCUT2D eigenvalue weighted by Gasteiger charge is 2.22. The SMILES string of the molecule is CN(C)c1ccc(C=Nc2oc(-c3ccccc3)c(-c3ccc(Cl)cc3)c2C#N)cc1. The summed E-state index contributed by atoms with van der Waals surface area (Å²) in [5.74, 6) is 0.887. The topological polar surface area (TPSA) is 52.5 Å². The molecule has 152 valence electrons. The van der Waals surface area contributed by atoms with Crippen LogP contribution in [-0.4, -0.2) is 20.3 Å². The first-order valence-corrected chi connectivity index (χ1v) is 10.1. The van der Waals surface area contributed by atoms with Gasteiger partial charge in [0, 0.05) is 42.1 Å². The van der Waals surface area contributed by atoms with Gasteiger partial charge in [-0.2, -0.15) is 5.26 Å². The van der Waals surface area contributed by atoms with Crippen LogP contribution in [-0.2, 0) is 0 Å². The molecule has 0 saturated heterocycles. The Kier molecular flexibility index (Phi) is 5.88. The van der Waals surface area contributed by atoms with Gasteiger partial charge in [0.15, 0.2) is 0 Å². The van der Waals surface area contributed by atoms with Gasteiger partial charge in [0.2, 0.25) is 5.88 Å². The highest BCUT2D eigenvalue weighted by atomic mass is 35.5.